The standard InChI is InChI=1S/C11H8N3.Ir/c1-8-6-14-7-12-13-11(14)10-5-3-2-4-9(8)10;/h2-4,6-7H,1H3;/q-1;. The third-order valence-corrected chi connectivity index (χ3v) is 2.41. The molecule has 0 aliphatic heterocycles. The number of pyridine rings is 1. The van der Waals surface area contributed by atoms with E-state index in [2.05, 4.69) is 29.3 Å². The van der Waals surface area contributed by atoms with Gasteiger partial charge in [-0.1, -0.05) is 10.9 Å². The van der Waals surface area contributed by atoms with Crippen LogP contribution in [0.4, 0.5) is 0 Å². The molecule has 0 fully saturated rings. The first-order valence-corrected chi connectivity index (χ1v) is 4.45. The molecule has 77 valence electrons. The van der Waals surface area contributed by atoms with Gasteiger partial charge in [0.2, 0.25) is 0 Å². The van der Waals surface area contributed by atoms with Gasteiger partial charge in [0.1, 0.15) is 6.33 Å². The molecule has 4 heteroatoms. The fourth-order valence-electron chi connectivity index (χ4n) is 1.74. The van der Waals surface area contributed by atoms with Crippen LogP contribution in [-0.4, -0.2) is 14.6 Å². The number of aromatic nitrogens is 3. The van der Waals surface area contributed by atoms with Crippen LogP contribution < -0.4 is 0 Å². The minimum Gasteiger partial charge on any atom is -0.330 e. The van der Waals surface area contributed by atoms with E-state index in [1.807, 2.05) is 22.7 Å². The summed E-state index contributed by atoms with van der Waals surface area (Å²) in [6, 6.07) is 9.16. The maximum absolute atomic E-state index is 4.07. The summed E-state index contributed by atoms with van der Waals surface area (Å²) >= 11 is 0. The Kier molecular flexibility index (Phi) is 2.55. The van der Waals surface area contributed by atoms with Gasteiger partial charge in [-0.25, -0.2) is 0 Å². The van der Waals surface area contributed by atoms with Gasteiger partial charge in [-0.05, 0) is 13.1 Å². The van der Waals surface area contributed by atoms with Gasteiger partial charge >= 0.3 is 0 Å². The Labute approximate surface area is 100 Å². The van der Waals surface area contributed by atoms with Gasteiger partial charge in [0.15, 0.2) is 0 Å². The van der Waals surface area contributed by atoms with Crippen molar-refractivity contribution < 1.29 is 20.1 Å². The molecule has 1 radical (unpaired) electrons. The Morgan fingerprint density at radius 2 is 2.27 bits per heavy atom. The summed E-state index contributed by atoms with van der Waals surface area (Å²) in [5.74, 6) is 0. The van der Waals surface area contributed by atoms with Crippen LogP contribution >= 0.6 is 0 Å². The topological polar surface area (TPSA) is 30.2 Å². The van der Waals surface area contributed by atoms with Gasteiger partial charge < -0.3 is 4.40 Å². The van der Waals surface area contributed by atoms with E-state index in [0.717, 1.165) is 11.0 Å². The number of rotatable bonds is 0. The fourth-order valence-corrected chi connectivity index (χ4v) is 1.74. The van der Waals surface area contributed by atoms with E-state index >= 15 is 0 Å². The van der Waals surface area contributed by atoms with Crippen molar-refractivity contribution in [1.82, 2.24) is 14.6 Å². The Balaban J connectivity index is 0.000000853. The molecular formula is C11H8IrN3-. The summed E-state index contributed by atoms with van der Waals surface area (Å²) in [5, 5.41) is 10.2. The second-order valence-corrected chi connectivity index (χ2v) is 3.33. The molecule has 0 N–H and O–H groups in total. The molecule has 3 rings (SSSR count). The monoisotopic (exact) mass is 375 g/mol. The molecule has 0 spiro atoms. The maximum atomic E-state index is 4.07. The Morgan fingerprint density at radius 3 is 3.13 bits per heavy atom. The molecule has 0 atom stereocenters. The van der Waals surface area contributed by atoms with Crippen LogP contribution in [0.15, 0.2) is 30.7 Å². The van der Waals surface area contributed by atoms with Crippen molar-refractivity contribution in [3.05, 3.63) is 42.4 Å². The number of aryl methyl sites for hydroxylation is 1. The number of nitrogens with zero attached hydrogens (tertiary/aromatic N) is 3. The number of hydrogen-bond donors (Lipinski definition) is 0. The van der Waals surface area contributed by atoms with E-state index in [1.54, 1.807) is 6.33 Å². The van der Waals surface area contributed by atoms with Crippen LogP contribution in [0.2, 0.25) is 0 Å². The Hall–Kier alpha value is -1.25. The van der Waals surface area contributed by atoms with Crippen LogP contribution in [0.3, 0.4) is 0 Å². The van der Waals surface area contributed by atoms with Gasteiger partial charge in [0.05, 0.1) is 5.65 Å². The van der Waals surface area contributed by atoms with Gasteiger partial charge in [-0.2, -0.15) is 5.10 Å². The molecular weight excluding hydrogens is 366 g/mol. The van der Waals surface area contributed by atoms with E-state index < -0.39 is 0 Å². The van der Waals surface area contributed by atoms with E-state index in [9.17, 15) is 0 Å². The van der Waals surface area contributed by atoms with Crippen LogP contribution in [0, 0.1) is 13.0 Å². The van der Waals surface area contributed by atoms with E-state index in [0.29, 0.717) is 0 Å². The normalized spacial score (nSPS) is 10.5. The first-order chi connectivity index (χ1) is 6.86. The average molecular weight is 374 g/mol. The van der Waals surface area contributed by atoms with Crippen LogP contribution in [0.5, 0.6) is 0 Å². The largest absolute Gasteiger partial charge is 0.330 e. The molecule has 0 bridgehead atoms. The summed E-state index contributed by atoms with van der Waals surface area (Å²) in [4.78, 5) is 0. The summed E-state index contributed by atoms with van der Waals surface area (Å²) < 4.78 is 1.92. The Bertz CT molecular complexity index is 615. The van der Waals surface area contributed by atoms with E-state index in [4.69, 9.17) is 0 Å². The predicted molar refractivity (Wildman–Crippen MR) is 54.1 cm³/mol. The summed E-state index contributed by atoms with van der Waals surface area (Å²) in [5.41, 5.74) is 2.08. The van der Waals surface area contributed by atoms with E-state index in [-0.39, 0.29) is 20.1 Å². The minimum atomic E-state index is 0. The zero-order chi connectivity index (χ0) is 9.54. The number of fused-ring (bicyclic) bond motifs is 3. The molecule has 0 saturated carbocycles. The van der Waals surface area contributed by atoms with Crippen LogP contribution in [0.25, 0.3) is 16.4 Å². The maximum Gasteiger partial charge on any atom is 0.114 e. The first kappa shape index (κ1) is 10.3. The van der Waals surface area contributed by atoms with Crippen molar-refractivity contribution in [3.63, 3.8) is 0 Å². The quantitative estimate of drug-likeness (QED) is 0.564. The predicted octanol–water partition coefficient (Wildman–Crippen LogP) is 1.99. The van der Waals surface area contributed by atoms with Crippen molar-refractivity contribution in [2.45, 2.75) is 6.92 Å². The zero-order valence-corrected chi connectivity index (χ0v) is 10.5. The molecule has 0 amide bonds. The van der Waals surface area contributed by atoms with Crippen molar-refractivity contribution in [3.8, 4) is 0 Å². The smallest absolute Gasteiger partial charge is 0.114 e. The number of benzene rings is 1. The molecule has 3 nitrogen and oxygen atoms in total. The third-order valence-electron chi connectivity index (χ3n) is 2.41. The average Bonchev–Trinajstić information content (AvgIpc) is 2.66. The summed E-state index contributed by atoms with van der Waals surface area (Å²) in [7, 11) is 0. The molecule has 0 saturated heterocycles. The van der Waals surface area contributed by atoms with Crippen molar-refractivity contribution >= 4 is 16.4 Å². The third kappa shape index (κ3) is 1.46. The second kappa shape index (κ2) is 3.72. The van der Waals surface area contributed by atoms with Gasteiger partial charge in [0, 0.05) is 20.1 Å². The van der Waals surface area contributed by atoms with Crippen molar-refractivity contribution in [2.24, 2.45) is 0 Å². The minimum absolute atomic E-state index is 0. The Morgan fingerprint density at radius 1 is 1.40 bits per heavy atom. The first-order valence-electron chi connectivity index (χ1n) is 4.45. The molecule has 2 heterocycles. The van der Waals surface area contributed by atoms with Crippen LogP contribution in [-0.2, 0) is 20.1 Å². The molecule has 0 aliphatic rings. The van der Waals surface area contributed by atoms with Crippen molar-refractivity contribution in [1.29, 1.82) is 0 Å². The second-order valence-electron chi connectivity index (χ2n) is 3.33. The molecule has 2 aromatic heterocycles. The SMILES string of the molecule is Cc1cn2cnnc2c2[c-]cccc12.[Ir]. The van der Waals surface area contributed by atoms with E-state index in [1.165, 1.54) is 10.9 Å². The zero-order valence-electron chi connectivity index (χ0n) is 8.06. The van der Waals surface area contributed by atoms with Gasteiger partial charge in [0.25, 0.3) is 0 Å². The molecule has 0 unspecified atom stereocenters. The molecule has 15 heavy (non-hydrogen) atoms. The molecule has 3 aromatic rings. The van der Waals surface area contributed by atoms with Gasteiger partial charge in [-0.3, -0.25) is 0 Å². The molecule has 1 aromatic carbocycles. The fraction of sp³-hybridized carbons (Fsp3) is 0.0909. The van der Waals surface area contributed by atoms with Crippen LogP contribution in [0.1, 0.15) is 5.56 Å². The number of hydrogen-bond acceptors (Lipinski definition) is 2. The summed E-state index contributed by atoms with van der Waals surface area (Å²) in [6.45, 7) is 2.08. The van der Waals surface area contributed by atoms with Gasteiger partial charge in [-0.15, -0.1) is 34.8 Å². The molecule has 0 aliphatic carbocycles. The summed E-state index contributed by atoms with van der Waals surface area (Å²) in [6.07, 6.45) is 3.74. The van der Waals surface area contributed by atoms with Crippen molar-refractivity contribution in [2.75, 3.05) is 0 Å².